The second-order valence-corrected chi connectivity index (χ2v) is 11.4. The van der Waals surface area contributed by atoms with Crippen LogP contribution in [0, 0.1) is 0 Å². The van der Waals surface area contributed by atoms with Gasteiger partial charge < -0.3 is 23.8 Å². The van der Waals surface area contributed by atoms with E-state index in [4.69, 9.17) is 18.9 Å². The summed E-state index contributed by atoms with van der Waals surface area (Å²) >= 11 is 0. The van der Waals surface area contributed by atoms with Crippen LogP contribution in [0.25, 0.3) is 0 Å². The summed E-state index contributed by atoms with van der Waals surface area (Å²) in [5, 5.41) is 0. The van der Waals surface area contributed by atoms with Gasteiger partial charge in [-0.1, -0.05) is 60.7 Å². The number of halogens is 3. The van der Waals surface area contributed by atoms with Crippen molar-refractivity contribution in [2.75, 3.05) is 67.3 Å². The summed E-state index contributed by atoms with van der Waals surface area (Å²) in [5.41, 5.74) is 2.59. The number of piperazine rings is 2. The van der Waals surface area contributed by atoms with Gasteiger partial charge in [0.25, 0.3) is 0 Å². The molecule has 2 aromatic carbocycles. The largest absolute Gasteiger partial charge is 0.481 e. The van der Waals surface area contributed by atoms with Crippen molar-refractivity contribution in [1.29, 1.82) is 0 Å². The lowest BCUT2D eigenvalue weighted by Gasteiger charge is -2.53. The van der Waals surface area contributed by atoms with Crippen molar-refractivity contribution in [3.05, 3.63) is 77.4 Å². The molecule has 0 N–H and O–H groups in total. The number of ether oxygens (including phenoxy) is 4. The van der Waals surface area contributed by atoms with E-state index in [-0.39, 0.29) is 48.2 Å². The minimum Gasteiger partial charge on any atom is -0.481 e. The van der Waals surface area contributed by atoms with E-state index in [9.17, 15) is 18.0 Å². The van der Waals surface area contributed by atoms with Crippen molar-refractivity contribution >= 4 is 5.91 Å². The molecule has 0 radical (unpaired) electrons. The lowest BCUT2D eigenvalue weighted by molar-refractivity contribution is -0.154. The number of carbonyl (C=O) groups excluding carboxylic acids is 1. The summed E-state index contributed by atoms with van der Waals surface area (Å²) < 4.78 is 60.7. The van der Waals surface area contributed by atoms with Gasteiger partial charge in [0.05, 0.1) is 32.8 Å². The molecule has 1 aromatic heterocycles. The highest BCUT2D eigenvalue weighted by molar-refractivity contribution is 5.76. The number of amides is 1. The summed E-state index contributed by atoms with van der Waals surface area (Å²) in [7, 11) is 4.29. The minimum atomic E-state index is -4.57. The van der Waals surface area contributed by atoms with Crippen molar-refractivity contribution in [3.63, 3.8) is 0 Å². The Morgan fingerprint density at radius 3 is 2.13 bits per heavy atom. The molecule has 3 heterocycles. The molecule has 2 unspecified atom stereocenters. The predicted octanol–water partition coefficient (Wildman–Crippen LogP) is 4.00. The number of methoxy groups -OCH3 is 3. The van der Waals surface area contributed by atoms with E-state index in [1.165, 1.54) is 14.2 Å². The number of hydrogen-bond donors (Lipinski definition) is 0. The standard InChI is InChI=1S/C33H40F3N5O5/c1-43-17-14-28(42)40-15-16-41-25(19-40)18-39(20-26-30(44-2)37-32(45-3)38-31(26)46-22-33(34,35)36)21-27(41)29(23-10-6-4-7-11-23)24-12-8-5-9-13-24/h4-13,25,27,29H,14-22H2,1-3H3. The van der Waals surface area contributed by atoms with Crippen LogP contribution in [-0.4, -0.2) is 116 Å². The topological polar surface area (TPSA) is 89.5 Å². The Morgan fingerprint density at radius 1 is 0.891 bits per heavy atom. The highest BCUT2D eigenvalue weighted by Gasteiger charge is 2.43. The molecule has 0 spiro atoms. The van der Waals surface area contributed by atoms with Crippen molar-refractivity contribution in [2.24, 2.45) is 0 Å². The first-order valence-electron chi connectivity index (χ1n) is 15.2. The third kappa shape index (κ3) is 8.06. The first-order valence-corrected chi connectivity index (χ1v) is 15.2. The Kier molecular flexibility index (Phi) is 11.0. The maximum atomic E-state index is 13.2. The van der Waals surface area contributed by atoms with Crippen LogP contribution in [0.5, 0.6) is 17.8 Å². The molecule has 248 valence electrons. The molecular weight excluding hydrogens is 603 g/mol. The molecule has 2 atom stereocenters. The fourth-order valence-electron chi connectivity index (χ4n) is 6.48. The zero-order valence-electron chi connectivity index (χ0n) is 26.3. The molecule has 10 nitrogen and oxygen atoms in total. The number of aromatic nitrogens is 2. The van der Waals surface area contributed by atoms with Crippen LogP contribution in [-0.2, 0) is 16.1 Å². The van der Waals surface area contributed by atoms with Crippen LogP contribution in [0.2, 0.25) is 0 Å². The van der Waals surface area contributed by atoms with Gasteiger partial charge in [-0.05, 0) is 11.1 Å². The Balaban J connectivity index is 1.52. The van der Waals surface area contributed by atoms with E-state index >= 15 is 0 Å². The number of nitrogens with zero attached hydrogens (tertiary/aromatic N) is 5. The molecule has 1 amide bonds. The maximum Gasteiger partial charge on any atom is 0.422 e. The third-order valence-electron chi connectivity index (χ3n) is 8.48. The molecule has 13 heteroatoms. The van der Waals surface area contributed by atoms with E-state index in [0.29, 0.717) is 51.3 Å². The Bertz CT molecular complexity index is 1390. The van der Waals surface area contributed by atoms with Crippen molar-refractivity contribution < 1.29 is 36.9 Å². The second-order valence-electron chi connectivity index (χ2n) is 11.4. The number of benzene rings is 2. The van der Waals surface area contributed by atoms with Crippen LogP contribution >= 0.6 is 0 Å². The number of carbonyl (C=O) groups is 1. The normalized spacial score (nSPS) is 19.2. The molecule has 2 saturated heterocycles. The first kappa shape index (κ1) is 33.4. The summed E-state index contributed by atoms with van der Waals surface area (Å²) in [6, 6.07) is 20.4. The Hall–Kier alpha value is -3.94. The molecule has 0 bridgehead atoms. The first-order chi connectivity index (χ1) is 22.2. The summed E-state index contributed by atoms with van der Waals surface area (Å²) in [4.78, 5) is 28.0. The van der Waals surface area contributed by atoms with Gasteiger partial charge in [-0.25, -0.2) is 0 Å². The monoisotopic (exact) mass is 643 g/mol. The molecule has 46 heavy (non-hydrogen) atoms. The molecule has 0 saturated carbocycles. The molecule has 0 aliphatic carbocycles. The molecule has 2 aliphatic rings. The smallest absolute Gasteiger partial charge is 0.422 e. The van der Waals surface area contributed by atoms with Crippen molar-refractivity contribution in [3.8, 4) is 17.8 Å². The summed E-state index contributed by atoms with van der Waals surface area (Å²) in [5.74, 6) is -0.155. The highest BCUT2D eigenvalue weighted by atomic mass is 19.4. The van der Waals surface area contributed by atoms with Gasteiger partial charge in [-0.2, -0.15) is 23.1 Å². The summed E-state index contributed by atoms with van der Waals surface area (Å²) in [6.45, 7) is 1.92. The lowest BCUT2D eigenvalue weighted by Crippen LogP contribution is -2.67. The molecule has 5 rings (SSSR count). The average Bonchev–Trinajstić information content (AvgIpc) is 3.07. The minimum absolute atomic E-state index is 0.0154. The molecular formula is C33H40F3N5O5. The van der Waals surface area contributed by atoms with E-state index in [1.54, 1.807) is 7.11 Å². The molecule has 3 aromatic rings. The van der Waals surface area contributed by atoms with E-state index in [0.717, 1.165) is 11.1 Å². The third-order valence-corrected chi connectivity index (χ3v) is 8.48. The average molecular weight is 644 g/mol. The van der Waals surface area contributed by atoms with Crippen LogP contribution in [0.4, 0.5) is 13.2 Å². The fourth-order valence-corrected chi connectivity index (χ4v) is 6.48. The summed E-state index contributed by atoms with van der Waals surface area (Å²) in [6.07, 6.45) is -4.27. The Morgan fingerprint density at radius 2 is 1.54 bits per heavy atom. The second kappa shape index (κ2) is 15.1. The fraction of sp³-hybridized carbons (Fsp3) is 0.485. The van der Waals surface area contributed by atoms with E-state index in [1.807, 2.05) is 41.3 Å². The van der Waals surface area contributed by atoms with Gasteiger partial charge in [-0.15, -0.1) is 0 Å². The van der Waals surface area contributed by atoms with Crippen LogP contribution in [0.1, 0.15) is 29.0 Å². The predicted molar refractivity (Wildman–Crippen MR) is 164 cm³/mol. The van der Waals surface area contributed by atoms with E-state index in [2.05, 4.69) is 44.0 Å². The number of hydrogen-bond acceptors (Lipinski definition) is 9. The van der Waals surface area contributed by atoms with Gasteiger partial charge in [0.1, 0.15) is 0 Å². The van der Waals surface area contributed by atoms with Crippen LogP contribution in [0.3, 0.4) is 0 Å². The number of alkyl halides is 3. The molecule has 2 fully saturated rings. The van der Waals surface area contributed by atoms with Gasteiger partial charge in [0, 0.05) is 64.4 Å². The number of rotatable bonds is 12. The highest BCUT2D eigenvalue weighted by Crippen LogP contribution is 2.38. The molecule has 2 aliphatic heterocycles. The number of fused-ring (bicyclic) bond motifs is 1. The van der Waals surface area contributed by atoms with Crippen molar-refractivity contribution in [1.82, 2.24) is 24.7 Å². The maximum absolute atomic E-state index is 13.2. The lowest BCUT2D eigenvalue weighted by atomic mass is 9.81. The quantitative estimate of drug-likeness (QED) is 0.291. The van der Waals surface area contributed by atoms with Crippen LogP contribution < -0.4 is 14.2 Å². The van der Waals surface area contributed by atoms with Gasteiger partial charge in [-0.3, -0.25) is 14.6 Å². The SMILES string of the molecule is COCCC(=O)N1CCN2C(CN(Cc3c(OC)nc(OC)nc3OCC(F)(F)F)CC2C(c2ccccc2)c2ccccc2)C1. The van der Waals surface area contributed by atoms with Gasteiger partial charge >= 0.3 is 12.2 Å². The van der Waals surface area contributed by atoms with E-state index < -0.39 is 12.8 Å². The van der Waals surface area contributed by atoms with Crippen molar-refractivity contribution in [2.45, 2.75) is 37.1 Å². The zero-order chi connectivity index (χ0) is 32.7. The zero-order valence-corrected chi connectivity index (χ0v) is 26.3. The van der Waals surface area contributed by atoms with Crippen LogP contribution in [0.15, 0.2) is 60.7 Å². The van der Waals surface area contributed by atoms with Gasteiger partial charge in [0.2, 0.25) is 17.7 Å². The Labute approximate surface area is 267 Å². The van der Waals surface area contributed by atoms with Gasteiger partial charge in [0.15, 0.2) is 6.61 Å².